The molecule has 21 heavy (non-hydrogen) atoms. The van der Waals surface area contributed by atoms with E-state index in [-0.39, 0.29) is 18.3 Å². The molecule has 112 valence electrons. The van der Waals surface area contributed by atoms with E-state index < -0.39 is 0 Å². The number of nitrogens with two attached hydrogens (primary N) is 1. The second kappa shape index (κ2) is 6.85. The fourth-order valence-electron chi connectivity index (χ4n) is 2.82. The highest BCUT2D eigenvalue weighted by Gasteiger charge is 2.20. The maximum atomic E-state index is 11.8. The van der Waals surface area contributed by atoms with E-state index in [1.807, 2.05) is 18.2 Å². The molecule has 5 nitrogen and oxygen atoms in total. The number of fused-ring (bicyclic) bond motifs is 1. The zero-order valence-electron chi connectivity index (χ0n) is 11.6. The highest BCUT2D eigenvalue weighted by Crippen LogP contribution is 2.30. The summed E-state index contributed by atoms with van der Waals surface area (Å²) < 4.78 is 0. The van der Waals surface area contributed by atoms with Gasteiger partial charge in [-0.3, -0.25) is 10.2 Å². The van der Waals surface area contributed by atoms with Gasteiger partial charge in [0.25, 0.3) is 5.91 Å². The summed E-state index contributed by atoms with van der Waals surface area (Å²) in [6, 6.07) is 9.86. The van der Waals surface area contributed by atoms with Gasteiger partial charge in [-0.25, -0.2) is 10.8 Å². The molecular formula is C15H19ClN4O. The Morgan fingerprint density at radius 1 is 1.29 bits per heavy atom. The van der Waals surface area contributed by atoms with Gasteiger partial charge in [0, 0.05) is 11.3 Å². The summed E-state index contributed by atoms with van der Waals surface area (Å²) in [5, 5.41) is 5.52. The number of halogens is 1. The van der Waals surface area contributed by atoms with Crippen LogP contribution >= 0.6 is 12.4 Å². The Bertz CT molecular complexity index is 641. The first-order valence-electron chi connectivity index (χ1n) is 6.91. The van der Waals surface area contributed by atoms with Gasteiger partial charge in [-0.15, -0.1) is 12.4 Å². The van der Waals surface area contributed by atoms with Crippen LogP contribution in [0.2, 0.25) is 0 Å². The van der Waals surface area contributed by atoms with E-state index in [9.17, 15) is 4.79 Å². The zero-order chi connectivity index (χ0) is 13.9. The van der Waals surface area contributed by atoms with Crippen LogP contribution in [0.1, 0.15) is 34.9 Å². The Labute approximate surface area is 129 Å². The summed E-state index contributed by atoms with van der Waals surface area (Å²) in [7, 11) is 0. The third-order valence-electron chi connectivity index (χ3n) is 3.86. The summed E-state index contributed by atoms with van der Waals surface area (Å²) in [6.45, 7) is 1.99. The number of amides is 1. The molecule has 0 spiro atoms. The summed E-state index contributed by atoms with van der Waals surface area (Å²) in [4.78, 5) is 16.4. The lowest BCUT2D eigenvalue weighted by Gasteiger charge is -2.23. The molecule has 2 heterocycles. The Kier molecular flexibility index (Phi) is 5.12. The minimum atomic E-state index is -0.342. The van der Waals surface area contributed by atoms with Crippen LogP contribution in [-0.4, -0.2) is 24.0 Å². The lowest BCUT2D eigenvalue weighted by atomic mass is 9.90. The van der Waals surface area contributed by atoms with Crippen molar-refractivity contribution in [1.29, 1.82) is 0 Å². The fraction of sp³-hybridized carbons (Fsp3) is 0.333. The number of aromatic nitrogens is 1. The van der Waals surface area contributed by atoms with Crippen LogP contribution in [-0.2, 0) is 0 Å². The van der Waals surface area contributed by atoms with E-state index in [4.69, 9.17) is 5.84 Å². The van der Waals surface area contributed by atoms with Crippen LogP contribution in [0.5, 0.6) is 0 Å². The van der Waals surface area contributed by atoms with Gasteiger partial charge >= 0.3 is 0 Å². The Balaban J connectivity index is 0.00000161. The molecule has 1 aromatic carbocycles. The number of rotatable bonds is 2. The van der Waals surface area contributed by atoms with Crippen LogP contribution in [0.25, 0.3) is 10.8 Å². The second-order valence-corrected chi connectivity index (χ2v) is 5.11. The lowest BCUT2D eigenvalue weighted by Crippen LogP contribution is -2.31. The van der Waals surface area contributed by atoms with E-state index in [0.29, 0.717) is 11.6 Å². The van der Waals surface area contributed by atoms with Gasteiger partial charge in [0.15, 0.2) is 0 Å². The second-order valence-electron chi connectivity index (χ2n) is 5.11. The molecule has 1 amide bonds. The first-order chi connectivity index (χ1) is 9.79. The molecule has 6 heteroatoms. The summed E-state index contributed by atoms with van der Waals surface area (Å²) in [5.41, 5.74) is 3.57. The van der Waals surface area contributed by atoms with Gasteiger partial charge in [0.05, 0.1) is 5.69 Å². The van der Waals surface area contributed by atoms with Gasteiger partial charge in [-0.05, 0) is 37.4 Å². The SMILES string of the molecule is Cl.NNC(=O)c1cc2ccccc2c(C2CCNCC2)n1. The number of hydrogen-bond donors (Lipinski definition) is 3. The molecule has 1 saturated heterocycles. The number of pyridine rings is 1. The molecule has 0 bridgehead atoms. The first-order valence-corrected chi connectivity index (χ1v) is 6.91. The molecule has 0 radical (unpaired) electrons. The Hall–Kier alpha value is -1.69. The summed E-state index contributed by atoms with van der Waals surface area (Å²) >= 11 is 0. The highest BCUT2D eigenvalue weighted by atomic mass is 35.5. The molecule has 3 rings (SSSR count). The molecule has 0 saturated carbocycles. The topological polar surface area (TPSA) is 80.0 Å². The Morgan fingerprint density at radius 2 is 2.00 bits per heavy atom. The van der Waals surface area contributed by atoms with E-state index in [2.05, 4.69) is 21.8 Å². The first kappa shape index (κ1) is 15.7. The fourth-order valence-corrected chi connectivity index (χ4v) is 2.82. The summed E-state index contributed by atoms with van der Waals surface area (Å²) in [6.07, 6.45) is 2.09. The number of carbonyl (C=O) groups is 1. The minimum Gasteiger partial charge on any atom is -0.317 e. The molecule has 4 N–H and O–H groups in total. The van der Waals surface area contributed by atoms with E-state index in [0.717, 1.165) is 42.4 Å². The van der Waals surface area contributed by atoms with Crippen molar-refractivity contribution in [3.05, 3.63) is 41.7 Å². The van der Waals surface area contributed by atoms with Crippen LogP contribution in [0.3, 0.4) is 0 Å². The molecule has 0 atom stereocenters. The van der Waals surface area contributed by atoms with Crippen molar-refractivity contribution >= 4 is 29.1 Å². The molecule has 0 unspecified atom stereocenters. The van der Waals surface area contributed by atoms with Crippen molar-refractivity contribution in [2.75, 3.05) is 13.1 Å². The van der Waals surface area contributed by atoms with E-state index in [1.165, 1.54) is 0 Å². The van der Waals surface area contributed by atoms with Crippen LogP contribution in [0, 0.1) is 0 Å². The van der Waals surface area contributed by atoms with Crippen LogP contribution in [0.4, 0.5) is 0 Å². The predicted octanol–water partition coefficient (Wildman–Crippen LogP) is 1.73. The molecule has 1 aliphatic heterocycles. The van der Waals surface area contributed by atoms with Gasteiger partial charge < -0.3 is 5.32 Å². The number of carbonyl (C=O) groups excluding carboxylic acids is 1. The average Bonchev–Trinajstić information content (AvgIpc) is 2.54. The molecule has 1 aliphatic rings. The third kappa shape index (κ3) is 3.15. The molecule has 1 aromatic heterocycles. The van der Waals surface area contributed by atoms with Crippen molar-refractivity contribution < 1.29 is 4.79 Å². The number of piperidine rings is 1. The number of benzene rings is 1. The molecule has 1 fully saturated rings. The average molecular weight is 307 g/mol. The molecule has 0 aliphatic carbocycles. The van der Waals surface area contributed by atoms with Gasteiger partial charge in [0.1, 0.15) is 5.69 Å². The van der Waals surface area contributed by atoms with Crippen molar-refractivity contribution in [2.24, 2.45) is 5.84 Å². The van der Waals surface area contributed by atoms with Gasteiger partial charge in [-0.1, -0.05) is 24.3 Å². The molecule has 2 aromatic rings. The van der Waals surface area contributed by atoms with Crippen LogP contribution in [0.15, 0.2) is 30.3 Å². The molecular weight excluding hydrogens is 288 g/mol. The number of nitrogen functional groups attached to an aromatic ring is 1. The van der Waals surface area contributed by atoms with Crippen molar-refractivity contribution in [1.82, 2.24) is 15.7 Å². The van der Waals surface area contributed by atoms with Crippen molar-refractivity contribution in [3.63, 3.8) is 0 Å². The van der Waals surface area contributed by atoms with Gasteiger partial charge in [-0.2, -0.15) is 0 Å². The van der Waals surface area contributed by atoms with Gasteiger partial charge in [0.2, 0.25) is 0 Å². The maximum Gasteiger partial charge on any atom is 0.283 e. The van der Waals surface area contributed by atoms with E-state index in [1.54, 1.807) is 6.07 Å². The van der Waals surface area contributed by atoms with Crippen molar-refractivity contribution in [2.45, 2.75) is 18.8 Å². The van der Waals surface area contributed by atoms with Crippen molar-refractivity contribution in [3.8, 4) is 0 Å². The van der Waals surface area contributed by atoms with Crippen LogP contribution < -0.4 is 16.6 Å². The normalized spacial score (nSPS) is 15.5. The number of nitrogens with one attached hydrogen (secondary N) is 2. The number of nitrogens with zero attached hydrogens (tertiary/aromatic N) is 1. The highest BCUT2D eigenvalue weighted by molar-refractivity contribution is 5.97. The number of hydrazine groups is 1. The maximum absolute atomic E-state index is 11.8. The smallest absolute Gasteiger partial charge is 0.283 e. The quantitative estimate of drug-likeness (QED) is 0.448. The lowest BCUT2D eigenvalue weighted by molar-refractivity contribution is 0.0948. The Morgan fingerprint density at radius 3 is 2.71 bits per heavy atom. The summed E-state index contributed by atoms with van der Waals surface area (Å²) in [5.74, 6) is 5.28. The minimum absolute atomic E-state index is 0. The van der Waals surface area contributed by atoms with E-state index >= 15 is 0 Å². The monoisotopic (exact) mass is 306 g/mol. The predicted molar refractivity (Wildman–Crippen MR) is 85.5 cm³/mol. The number of hydrogen-bond acceptors (Lipinski definition) is 4. The standard InChI is InChI=1S/C15H18N4O.ClH/c16-19-15(20)13-9-11-3-1-2-4-12(11)14(18-13)10-5-7-17-8-6-10;/h1-4,9-10,17H,5-8,16H2,(H,19,20);1H. The largest absolute Gasteiger partial charge is 0.317 e. The third-order valence-corrected chi connectivity index (χ3v) is 3.86. The zero-order valence-corrected chi connectivity index (χ0v) is 12.5.